The summed E-state index contributed by atoms with van der Waals surface area (Å²) in [6, 6.07) is 15.6. The molecule has 2 rings (SSSR count). The smallest absolute Gasteiger partial charge is 0.126 e. The fraction of sp³-hybridized carbons (Fsp3) is 0.294. The van der Waals surface area contributed by atoms with Crippen molar-refractivity contribution < 1.29 is 4.39 Å². The molecule has 0 spiro atoms. The molecule has 2 aromatic rings. The van der Waals surface area contributed by atoms with E-state index < -0.39 is 0 Å². The highest BCUT2D eigenvalue weighted by atomic mass is 79.9. The molecule has 1 nitrogen and oxygen atoms in total. The molecule has 0 fully saturated rings. The van der Waals surface area contributed by atoms with Gasteiger partial charge in [0, 0.05) is 16.6 Å². The van der Waals surface area contributed by atoms with Crippen LogP contribution in [0.3, 0.4) is 0 Å². The maximum Gasteiger partial charge on any atom is 0.126 e. The summed E-state index contributed by atoms with van der Waals surface area (Å²) in [6.07, 6.45) is 0.686. The van der Waals surface area contributed by atoms with Gasteiger partial charge < -0.3 is 5.32 Å². The van der Waals surface area contributed by atoms with E-state index in [1.807, 2.05) is 24.3 Å². The Balaban J connectivity index is 1.98. The van der Waals surface area contributed by atoms with Gasteiger partial charge in [-0.05, 0) is 49.6 Å². The first-order valence-corrected chi connectivity index (χ1v) is 7.60. The third-order valence-electron chi connectivity index (χ3n) is 3.37. The average molecular weight is 336 g/mol. The molecular formula is C17H19BrFN. The van der Waals surface area contributed by atoms with Crippen LogP contribution in [0.25, 0.3) is 0 Å². The summed E-state index contributed by atoms with van der Waals surface area (Å²) in [6.45, 7) is 4.21. The minimum Gasteiger partial charge on any atom is -0.307 e. The van der Waals surface area contributed by atoms with E-state index in [-0.39, 0.29) is 17.9 Å². The minimum absolute atomic E-state index is 0.128. The highest BCUT2D eigenvalue weighted by Crippen LogP contribution is 2.19. The molecule has 0 saturated heterocycles. The first-order chi connectivity index (χ1) is 9.56. The summed E-state index contributed by atoms with van der Waals surface area (Å²) in [4.78, 5) is 0. The van der Waals surface area contributed by atoms with Gasteiger partial charge in [-0.2, -0.15) is 0 Å². The second-order valence-corrected chi connectivity index (χ2v) is 6.06. The first kappa shape index (κ1) is 15.2. The lowest BCUT2D eigenvalue weighted by molar-refractivity contribution is 0.469. The number of rotatable bonds is 5. The molecule has 0 aromatic heterocycles. The van der Waals surface area contributed by atoms with Gasteiger partial charge in [0.25, 0.3) is 0 Å². The predicted octanol–water partition coefficient (Wildman–Crippen LogP) is 4.87. The van der Waals surface area contributed by atoms with Gasteiger partial charge in [-0.25, -0.2) is 4.39 Å². The van der Waals surface area contributed by atoms with Crippen LogP contribution in [-0.2, 0) is 6.42 Å². The fourth-order valence-electron chi connectivity index (χ4n) is 2.35. The number of hydrogen-bond donors (Lipinski definition) is 1. The number of benzene rings is 2. The third kappa shape index (κ3) is 4.15. The Kier molecular flexibility index (Phi) is 5.32. The molecule has 106 valence electrons. The Labute approximate surface area is 128 Å². The maximum absolute atomic E-state index is 13.6. The lowest BCUT2D eigenvalue weighted by Gasteiger charge is -2.21. The Morgan fingerprint density at radius 2 is 1.85 bits per heavy atom. The third-order valence-corrected chi connectivity index (χ3v) is 3.86. The van der Waals surface area contributed by atoms with Crippen molar-refractivity contribution in [2.45, 2.75) is 32.4 Å². The lowest BCUT2D eigenvalue weighted by atomic mass is 10.0. The van der Waals surface area contributed by atoms with E-state index in [1.54, 1.807) is 6.07 Å². The Bertz CT molecular complexity index is 570. The highest BCUT2D eigenvalue weighted by molar-refractivity contribution is 9.10. The molecule has 1 unspecified atom stereocenters. The van der Waals surface area contributed by atoms with Crippen LogP contribution in [0.15, 0.2) is 53.0 Å². The molecule has 0 saturated carbocycles. The van der Waals surface area contributed by atoms with Gasteiger partial charge in [-0.15, -0.1) is 0 Å². The molecule has 20 heavy (non-hydrogen) atoms. The zero-order valence-electron chi connectivity index (χ0n) is 11.7. The van der Waals surface area contributed by atoms with E-state index in [1.165, 1.54) is 11.6 Å². The molecule has 0 bridgehead atoms. The van der Waals surface area contributed by atoms with Crippen molar-refractivity contribution >= 4 is 15.9 Å². The quantitative estimate of drug-likeness (QED) is 0.821. The summed E-state index contributed by atoms with van der Waals surface area (Å²) < 4.78 is 14.7. The molecule has 0 radical (unpaired) electrons. The number of hydrogen-bond acceptors (Lipinski definition) is 1. The van der Waals surface area contributed by atoms with E-state index in [4.69, 9.17) is 0 Å². The van der Waals surface area contributed by atoms with Gasteiger partial charge in [0.15, 0.2) is 0 Å². The van der Waals surface area contributed by atoms with Gasteiger partial charge >= 0.3 is 0 Å². The molecule has 0 aliphatic rings. The zero-order chi connectivity index (χ0) is 14.5. The lowest BCUT2D eigenvalue weighted by Crippen LogP contribution is -2.31. The first-order valence-electron chi connectivity index (χ1n) is 6.81. The topological polar surface area (TPSA) is 12.0 Å². The highest BCUT2D eigenvalue weighted by Gasteiger charge is 2.12. The normalized spacial score (nSPS) is 14.0. The van der Waals surface area contributed by atoms with E-state index in [2.05, 4.69) is 47.2 Å². The van der Waals surface area contributed by atoms with Gasteiger partial charge in [0.05, 0.1) is 0 Å². The van der Waals surface area contributed by atoms with Crippen LogP contribution < -0.4 is 5.32 Å². The van der Waals surface area contributed by atoms with E-state index in [9.17, 15) is 4.39 Å². The second-order valence-electron chi connectivity index (χ2n) is 5.14. The Morgan fingerprint density at radius 3 is 2.55 bits per heavy atom. The van der Waals surface area contributed by atoms with Crippen LogP contribution in [0.2, 0.25) is 0 Å². The molecule has 0 aliphatic heterocycles. The summed E-state index contributed by atoms with van der Waals surface area (Å²) in [5, 5.41) is 3.51. The Hall–Kier alpha value is -1.19. The fourth-order valence-corrected chi connectivity index (χ4v) is 2.77. The van der Waals surface area contributed by atoms with Crippen LogP contribution in [-0.4, -0.2) is 6.04 Å². The van der Waals surface area contributed by atoms with Crippen LogP contribution in [0.5, 0.6) is 0 Å². The minimum atomic E-state index is -0.128. The molecular weight excluding hydrogens is 317 g/mol. The van der Waals surface area contributed by atoms with Crippen molar-refractivity contribution in [1.82, 2.24) is 5.32 Å². The average Bonchev–Trinajstić information content (AvgIpc) is 2.41. The van der Waals surface area contributed by atoms with Crippen molar-refractivity contribution in [2.75, 3.05) is 0 Å². The summed E-state index contributed by atoms with van der Waals surface area (Å²) in [7, 11) is 0. The van der Waals surface area contributed by atoms with Gasteiger partial charge in [0.1, 0.15) is 5.82 Å². The molecule has 2 atom stereocenters. The molecule has 3 heteroatoms. The summed E-state index contributed by atoms with van der Waals surface area (Å²) in [5.41, 5.74) is 1.98. The largest absolute Gasteiger partial charge is 0.307 e. The standard InChI is InChI=1S/C17H19BrFN/c1-12(10-15-6-3-4-9-17(15)19)20-13(2)14-7-5-8-16(18)11-14/h3-9,11-13,20H,10H2,1-2H3/t12?,13-/m1/s1. The zero-order valence-corrected chi connectivity index (χ0v) is 13.3. The molecule has 0 heterocycles. The van der Waals surface area contributed by atoms with Crippen molar-refractivity contribution in [1.29, 1.82) is 0 Å². The van der Waals surface area contributed by atoms with Crippen LogP contribution in [0.1, 0.15) is 31.0 Å². The number of nitrogens with one attached hydrogen (secondary N) is 1. The van der Waals surface area contributed by atoms with E-state index in [0.717, 1.165) is 10.0 Å². The summed E-state index contributed by atoms with van der Waals surface area (Å²) in [5.74, 6) is -0.128. The van der Waals surface area contributed by atoms with Crippen molar-refractivity contribution in [3.8, 4) is 0 Å². The maximum atomic E-state index is 13.6. The van der Waals surface area contributed by atoms with Crippen molar-refractivity contribution in [2.24, 2.45) is 0 Å². The monoisotopic (exact) mass is 335 g/mol. The molecule has 1 N–H and O–H groups in total. The van der Waals surface area contributed by atoms with Gasteiger partial charge in [-0.3, -0.25) is 0 Å². The van der Waals surface area contributed by atoms with Crippen molar-refractivity contribution in [3.63, 3.8) is 0 Å². The number of halogens is 2. The summed E-state index contributed by atoms with van der Waals surface area (Å²) >= 11 is 3.48. The molecule has 0 aliphatic carbocycles. The van der Waals surface area contributed by atoms with Gasteiger partial charge in [0.2, 0.25) is 0 Å². The van der Waals surface area contributed by atoms with E-state index in [0.29, 0.717) is 6.42 Å². The van der Waals surface area contributed by atoms with Crippen LogP contribution in [0, 0.1) is 5.82 Å². The van der Waals surface area contributed by atoms with Crippen LogP contribution in [0.4, 0.5) is 4.39 Å². The van der Waals surface area contributed by atoms with Crippen LogP contribution >= 0.6 is 15.9 Å². The molecule has 0 amide bonds. The SMILES string of the molecule is CC(Cc1ccccc1F)N[C@H](C)c1cccc(Br)c1. The van der Waals surface area contributed by atoms with E-state index >= 15 is 0 Å². The molecule has 2 aromatic carbocycles. The second kappa shape index (κ2) is 7.00. The van der Waals surface area contributed by atoms with Crippen molar-refractivity contribution in [3.05, 3.63) is 69.9 Å². The van der Waals surface area contributed by atoms with Gasteiger partial charge in [-0.1, -0.05) is 46.3 Å². The Morgan fingerprint density at radius 1 is 1.10 bits per heavy atom. The predicted molar refractivity (Wildman–Crippen MR) is 85.3 cm³/mol.